The summed E-state index contributed by atoms with van der Waals surface area (Å²) in [6, 6.07) is 11.9. The first-order valence-corrected chi connectivity index (χ1v) is 9.75. The topological polar surface area (TPSA) is 104 Å². The van der Waals surface area contributed by atoms with Gasteiger partial charge in [0, 0.05) is 16.9 Å². The normalized spacial score (nSPS) is 11.7. The number of H-pyrrole nitrogens is 1. The number of pyridine rings is 1. The van der Waals surface area contributed by atoms with Crippen LogP contribution in [-0.4, -0.2) is 15.5 Å². The van der Waals surface area contributed by atoms with E-state index in [1.165, 1.54) is 41.2 Å². The lowest BCUT2D eigenvalue weighted by atomic mass is 10.0. The van der Waals surface area contributed by atoms with Crippen LogP contribution in [0.2, 0.25) is 0 Å². The van der Waals surface area contributed by atoms with E-state index >= 15 is 0 Å². The summed E-state index contributed by atoms with van der Waals surface area (Å²) in [7, 11) is 0. The highest BCUT2D eigenvalue weighted by atomic mass is 19.1. The number of nitrogens with one attached hydrogen (secondary N) is 2. The van der Waals surface area contributed by atoms with Gasteiger partial charge in [0.1, 0.15) is 12.0 Å². The first-order valence-electron chi connectivity index (χ1n) is 9.75. The number of nitrogens with two attached hydrogens (primary N) is 1. The Morgan fingerprint density at radius 3 is 2.72 bits per heavy atom. The van der Waals surface area contributed by atoms with E-state index in [4.69, 9.17) is 12.2 Å². The Kier molecular flexibility index (Phi) is 5.39. The number of aromatic nitrogens is 3. The van der Waals surface area contributed by atoms with Gasteiger partial charge >= 0.3 is 5.82 Å². The van der Waals surface area contributed by atoms with Gasteiger partial charge in [0.15, 0.2) is 0 Å². The SMILES string of the molecule is C#Cc1cccc2cc(C(C)NC(=O)c3ncc[nH+]c3N)n(-c3ccc(F)cc3)c(=O)c12. The smallest absolute Gasteiger partial charge is 0.302 e. The van der Waals surface area contributed by atoms with Crippen LogP contribution in [0.1, 0.15) is 34.7 Å². The van der Waals surface area contributed by atoms with Crippen LogP contribution in [0.3, 0.4) is 0 Å². The molecule has 1 unspecified atom stereocenters. The minimum absolute atomic E-state index is 0.0328. The molecule has 32 heavy (non-hydrogen) atoms. The van der Waals surface area contributed by atoms with Crippen molar-refractivity contribution < 1.29 is 14.2 Å². The van der Waals surface area contributed by atoms with Crippen LogP contribution in [0.5, 0.6) is 0 Å². The molecule has 1 atom stereocenters. The Labute approximate surface area is 182 Å². The number of anilines is 1. The third kappa shape index (κ3) is 3.68. The average molecular weight is 428 g/mol. The van der Waals surface area contributed by atoms with Crippen molar-refractivity contribution >= 4 is 22.5 Å². The molecule has 0 fully saturated rings. The van der Waals surface area contributed by atoms with Crippen molar-refractivity contribution in [2.24, 2.45) is 0 Å². The van der Waals surface area contributed by atoms with Gasteiger partial charge in [-0.1, -0.05) is 18.1 Å². The molecule has 0 saturated carbocycles. The summed E-state index contributed by atoms with van der Waals surface area (Å²) in [5, 5.41) is 3.82. The van der Waals surface area contributed by atoms with Crippen molar-refractivity contribution in [2.75, 3.05) is 5.73 Å². The lowest BCUT2D eigenvalue weighted by Gasteiger charge is -2.21. The molecule has 4 N–H and O–H groups in total. The molecule has 0 aliphatic rings. The second kappa shape index (κ2) is 8.32. The van der Waals surface area contributed by atoms with Crippen molar-refractivity contribution in [1.82, 2.24) is 14.9 Å². The fourth-order valence-corrected chi connectivity index (χ4v) is 3.57. The van der Waals surface area contributed by atoms with E-state index in [-0.39, 0.29) is 17.1 Å². The molecule has 4 rings (SSSR count). The number of aromatic amines is 1. The van der Waals surface area contributed by atoms with Gasteiger partial charge in [-0.3, -0.25) is 19.9 Å². The number of fused-ring (bicyclic) bond motifs is 1. The van der Waals surface area contributed by atoms with Crippen molar-refractivity contribution in [2.45, 2.75) is 13.0 Å². The molecule has 8 heteroatoms. The molecule has 1 amide bonds. The van der Waals surface area contributed by atoms with Crippen molar-refractivity contribution in [3.8, 4) is 18.0 Å². The van der Waals surface area contributed by atoms with Crippen LogP contribution >= 0.6 is 0 Å². The Bertz CT molecular complexity index is 1440. The number of hydrogen-bond acceptors (Lipinski definition) is 4. The van der Waals surface area contributed by atoms with Gasteiger partial charge in [-0.25, -0.2) is 14.4 Å². The molecule has 0 aliphatic carbocycles. The maximum atomic E-state index is 13.6. The number of hydrogen-bond donors (Lipinski definition) is 2. The number of nitrogen functional groups attached to an aromatic ring is 1. The largest absolute Gasteiger partial charge is 0.342 e. The van der Waals surface area contributed by atoms with E-state index in [0.717, 1.165) is 0 Å². The quantitative estimate of drug-likeness (QED) is 0.487. The molecule has 2 heterocycles. The summed E-state index contributed by atoms with van der Waals surface area (Å²) in [5.41, 5.74) is 6.84. The van der Waals surface area contributed by atoms with Gasteiger partial charge in [0.2, 0.25) is 5.69 Å². The Hall–Kier alpha value is -4.51. The molecule has 0 radical (unpaired) electrons. The van der Waals surface area contributed by atoms with Gasteiger partial charge in [0.05, 0.1) is 17.6 Å². The van der Waals surface area contributed by atoms with E-state index in [1.54, 1.807) is 31.2 Å². The van der Waals surface area contributed by atoms with Crippen LogP contribution in [0, 0.1) is 18.2 Å². The highest BCUT2D eigenvalue weighted by Crippen LogP contribution is 2.23. The van der Waals surface area contributed by atoms with E-state index in [9.17, 15) is 14.0 Å². The predicted molar refractivity (Wildman–Crippen MR) is 119 cm³/mol. The maximum Gasteiger partial charge on any atom is 0.302 e. The molecule has 4 aromatic rings. The third-order valence-corrected chi connectivity index (χ3v) is 5.09. The second-order valence-corrected chi connectivity index (χ2v) is 7.15. The maximum absolute atomic E-state index is 13.6. The number of amides is 1. The molecule has 2 aromatic heterocycles. The van der Waals surface area contributed by atoms with Crippen molar-refractivity contribution in [1.29, 1.82) is 0 Å². The number of nitrogens with zero attached hydrogens (tertiary/aromatic N) is 2. The molecule has 0 spiro atoms. The Morgan fingerprint density at radius 2 is 2.03 bits per heavy atom. The van der Waals surface area contributed by atoms with Crippen molar-refractivity contribution in [3.05, 3.63) is 94.0 Å². The van der Waals surface area contributed by atoms with Gasteiger partial charge in [-0.05, 0) is 48.7 Å². The summed E-state index contributed by atoms with van der Waals surface area (Å²) >= 11 is 0. The van der Waals surface area contributed by atoms with Crippen molar-refractivity contribution in [3.63, 3.8) is 0 Å². The number of benzene rings is 2. The number of halogens is 1. The summed E-state index contributed by atoms with van der Waals surface area (Å²) in [4.78, 5) is 33.0. The Balaban J connectivity index is 1.89. The van der Waals surface area contributed by atoms with Gasteiger partial charge in [0.25, 0.3) is 11.5 Å². The Morgan fingerprint density at radius 1 is 1.28 bits per heavy atom. The van der Waals surface area contributed by atoms with Gasteiger partial charge in [-0.15, -0.1) is 6.42 Å². The van der Waals surface area contributed by atoms with Crippen LogP contribution in [0.4, 0.5) is 10.2 Å². The molecule has 0 saturated heterocycles. The van der Waals surface area contributed by atoms with E-state index in [2.05, 4.69) is 21.2 Å². The van der Waals surface area contributed by atoms with Crippen LogP contribution in [0.25, 0.3) is 16.5 Å². The number of terminal acetylenes is 1. The van der Waals surface area contributed by atoms with E-state index in [1.807, 2.05) is 0 Å². The highest BCUT2D eigenvalue weighted by molar-refractivity contribution is 5.96. The highest BCUT2D eigenvalue weighted by Gasteiger charge is 2.22. The molecule has 7 nitrogen and oxygen atoms in total. The molecular weight excluding hydrogens is 409 g/mol. The molecule has 2 aromatic carbocycles. The third-order valence-electron chi connectivity index (χ3n) is 5.09. The van der Waals surface area contributed by atoms with Gasteiger partial charge < -0.3 is 5.32 Å². The second-order valence-electron chi connectivity index (χ2n) is 7.15. The zero-order valence-electron chi connectivity index (χ0n) is 17.1. The lowest BCUT2D eigenvalue weighted by molar-refractivity contribution is -0.361. The lowest BCUT2D eigenvalue weighted by Crippen LogP contribution is -2.34. The molecule has 0 bridgehead atoms. The zero-order chi connectivity index (χ0) is 22.8. The fraction of sp³-hybridized carbons (Fsp3) is 0.0833. The predicted octanol–water partition coefficient (Wildman–Crippen LogP) is 2.39. The first kappa shape index (κ1) is 20.8. The minimum atomic E-state index is -0.624. The summed E-state index contributed by atoms with van der Waals surface area (Å²) in [6.07, 6.45) is 8.54. The monoisotopic (exact) mass is 428 g/mol. The average Bonchev–Trinajstić information content (AvgIpc) is 2.79. The van der Waals surface area contributed by atoms with E-state index < -0.39 is 17.8 Å². The van der Waals surface area contributed by atoms with Crippen LogP contribution in [-0.2, 0) is 0 Å². The van der Waals surface area contributed by atoms with Gasteiger partial charge in [-0.2, -0.15) is 0 Å². The number of carbonyl (C=O) groups excluding carboxylic acids is 1. The van der Waals surface area contributed by atoms with Crippen LogP contribution < -0.4 is 21.6 Å². The summed E-state index contributed by atoms with van der Waals surface area (Å²) in [6.45, 7) is 1.73. The molecular formula is C24H19FN5O2+. The van der Waals surface area contributed by atoms with Crippen LogP contribution in [0.15, 0.2) is 65.7 Å². The fourth-order valence-electron chi connectivity index (χ4n) is 3.57. The van der Waals surface area contributed by atoms with E-state index in [0.29, 0.717) is 27.7 Å². The zero-order valence-corrected chi connectivity index (χ0v) is 17.1. The molecule has 158 valence electrons. The number of rotatable bonds is 4. The first-order chi connectivity index (χ1) is 15.4. The standard InChI is InChI=1S/C24H18FN5O2/c1-3-15-5-4-6-16-13-19(14(2)29-23(31)21-22(26)28-12-11-27-21)30(24(32)20(15)16)18-9-7-17(25)8-10-18/h1,4-14H,2H3,(H2,26,28)(H,29,31)/p+1. The minimum Gasteiger partial charge on any atom is -0.342 e. The molecule has 0 aliphatic heterocycles. The summed E-state index contributed by atoms with van der Waals surface area (Å²) < 4.78 is 15.0. The summed E-state index contributed by atoms with van der Waals surface area (Å²) in [5.74, 6) is 1.71. The number of carbonyl (C=O) groups is 1.